The maximum atomic E-state index is 11.1. The number of aryl methyl sites for hydroxylation is 1. The van der Waals surface area contributed by atoms with E-state index >= 15 is 0 Å². The minimum Gasteiger partial charge on any atom is -0.493 e. The number of hydrogen-bond donors (Lipinski definition) is 2. The smallest absolute Gasteiger partial charge is 0.328 e. The summed E-state index contributed by atoms with van der Waals surface area (Å²) in [7, 11) is 0. The van der Waals surface area contributed by atoms with Crippen molar-refractivity contribution in [2.45, 2.75) is 40.7 Å². The molecule has 158 valence electrons. The van der Waals surface area contributed by atoms with Gasteiger partial charge in [-0.15, -0.1) is 0 Å². The van der Waals surface area contributed by atoms with Gasteiger partial charge in [0, 0.05) is 17.2 Å². The predicted octanol–water partition coefficient (Wildman–Crippen LogP) is 4.09. The predicted molar refractivity (Wildman–Crippen MR) is 117 cm³/mol. The summed E-state index contributed by atoms with van der Waals surface area (Å²) in [4.78, 5) is 19.6. The van der Waals surface area contributed by atoms with Crippen LogP contribution in [0.25, 0.3) is 17.1 Å². The number of hydrogen-bond acceptors (Lipinski definition) is 6. The molecule has 0 bridgehead atoms. The molecule has 0 aliphatic rings. The summed E-state index contributed by atoms with van der Waals surface area (Å²) in [5.41, 5.74) is 10.4. The molecule has 0 saturated carbocycles. The summed E-state index contributed by atoms with van der Waals surface area (Å²) < 4.78 is 7.72. The van der Waals surface area contributed by atoms with Gasteiger partial charge in [-0.3, -0.25) is 0 Å². The normalized spacial score (nSPS) is 12.6. The number of aliphatic carboxylic acids is 1. The molecule has 8 nitrogen and oxygen atoms in total. The number of halogens is 1. The second-order valence-corrected chi connectivity index (χ2v) is 7.37. The van der Waals surface area contributed by atoms with Gasteiger partial charge in [0.1, 0.15) is 17.9 Å². The largest absolute Gasteiger partial charge is 0.493 e. The number of anilines is 1. The average molecular weight is 430 g/mol. The number of nitrogens with two attached hydrogens (primary N) is 1. The van der Waals surface area contributed by atoms with Crippen LogP contribution in [0.1, 0.15) is 47.8 Å². The van der Waals surface area contributed by atoms with Crippen LogP contribution in [-0.2, 0) is 4.79 Å². The summed E-state index contributed by atoms with van der Waals surface area (Å²) in [6.07, 6.45) is 4.03. The standard InChI is InChI=1S/C21H24ClN5O3/c1-6-30-19-14(7-8-15(28)29)10(2)11(3)18(22)17(19)13(5)27-21-16(12(4)26-27)20(23)24-9-25-21/h7-9,13H,6H2,1-5H3,(H,28,29)(H2,23,24,25)/b8-7+. The van der Waals surface area contributed by atoms with Crippen molar-refractivity contribution in [1.29, 1.82) is 0 Å². The Kier molecular flexibility index (Phi) is 5.98. The molecule has 0 radical (unpaired) electrons. The van der Waals surface area contributed by atoms with E-state index in [2.05, 4.69) is 15.1 Å². The Bertz CT molecular complexity index is 1170. The molecular weight excluding hydrogens is 406 g/mol. The third kappa shape index (κ3) is 3.59. The van der Waals surface area contributed by atoms with E-state index in [0.717, 1.165) is 17.2 Å². The Hall–Kier alpha value is -3.13. The lowest BCUT2D eigenvalue weighted by Crippen LogP contribution is -2.14. The Morgan fingerprint density at radius 2 is 2.03 bits per heavy atom. The summed E-state index contributed by atoms with van der Waals surface area (Å²) in [6.45, 7) is 9.82. The van der Waals surface area contributed by atoms with Gasteiger partial charge in [-0.25, -0.2) is 19.4 Å². The monoisotopic (exact) mass is 429 g/mol. The molecule has 0 saturated heterocycles. The number of aromatic nitrogens is 4. The van der Waals surface area contributed by atoms with Crippen molar-refractivity contribution < 1.29 is 14.6 Å². The number of fused-ring (bicyclic) bond motifs is 1. The molecule has 1 unspecified atom stereocenters. The highest BCUT2D eigenvalue weighted by Gasteiger charge is 2.27. The number of carbonyl (C=O) groups is 1. The van der Waals surface area contributed by atoms with Gasteiger partial charge in [0.2, 0.25) is 0 Å². The molecule has 0 aliphatic carbocycles. The Labute approximate surface area is 179 Å². The molecule has 9 heteroatoms. The van der Waals surface area contributed by atoms with Crippen LogP contribution >= 0.6 is 11.6 Å². The lowest BCUT2D eigenvalue weighted by Gasteiger charge is -2.24. The first-order chi connectivity index (χ1) is 14.2. The molecule has 3 rings (SSSR count). The number of benzene rings is 1. The molecular formula is C21H24ClN5O3. The maximum absolute atomic E-state index is 11.1. The van der Waals surface area contributed by atoms with E-state index < -0.39 is 5.97 Å². The fourth-order valence-corrected chi connectivity index (χ4v) is 3.96. The number of nitrogen functional groups attached to an aromatic ring is 1. The highest BCUT2D eigenvalue weighted by molar-refractivity contribution is 6.32. The number of ether oxygens (including phenoxy) is 1. The van der Waals surface area contributed by atoms with E-state index in [1.165, 1.54) is 12.4 Å². The van der Waals surface area contributed by atoms with Crippen LogP contribution in [0.15, 0.2) is 12.4 Å². The van der Waals surface area contributed by atoms with Gasteiger partial charge in [0.25, 0.3) is 0 Å². The fourth-order valence-electron chi connectivity index (χ4n) is 3.57. The molecule has 3 aromatic rings. The van der Waals surface area contributed by atoms with Crippen LogP contribution in [0.5, 0.6) is 5.75 Å². The van der Waals surface area contributed by atoms with E-state index in [0.29, 0.717) is 51.1 Å². The van der Waals surface area contributed by atoms with Crippen molar-refractivity contribution in [2.24, 2.45) is 0 Å². The highest BCUT2D eigenvalue weighted by Crippen LogP contribution is 2.43. The first-order valence-corrected chi connectivity index (χ1v) is 9.88. The minimum atomic E-state index is -1.04. The quantitative estimate of drug-likeness (QED) is 0.566. The third-order valence-electron chi connectivity index (χ3n) is 5.18. The zero-order valence-corrected chi connectivity index (χ0v) is 18.3. The Morgan fingerprint density at radius 3 is 2.67 bits per heavy atom. The van der Waals surface area contributed by atoms with Crippen molar-refractivity contribution >= 4 is 40.5 Å². The molecule has 0 spiro atoms. The van der Waals surface area contributed by atoms with Gasteiger partial charge in [0.05, 0.1) is 28.8 Å². The van der Waals surface area contributed by atoms with Gasteiger partial charge >= 0.3 is 5.97 Å². The molecule has 1 atom stereocenters. The molecule has 1 aromatic carbocycles. The zero-order valence-electron chi connectivity index (χ0n) is 17.5. The van der Waals surface area contributed by atoms with Crippen molar-refractivity contribution in [3.63, 3.8) is 0 Å². The molecule has 2 aromatic heterocycles. The van der Waals surface area contributed by atoms with Crippen LogP contribution < -0.4 is 10.5 Å². The fraction of sp³-hybridized carbons (Fsp3) is 0.333. The lowest BCUT2D eigenvalue weighted by molar-refractivity contribution is -0.131. The number of carboxylic acids is 1. The van der Waals surface area contributed by atoms with Crippen molar-refractivity contribution in [3.8, 4) is 5.75 Å². The van der Waals surface area contributed by atoms with Gasteiger partial charge in [0.15, 0.2) is 5.65 Å². The topological polar surface area (TPSA) is 116 Å². The molecule has 30 heavy (non-hydrogen) atoms. The van der Waals surface area contributed by atoms with Crippen LogP contribution in [0.4, 0.5) is 5.82 Å². The molecule has 0 amide bonds. The number of rotatable bonds is 6. The van der Waals surface area contributed by atoms with Gasteiger partial charge in [-0.1, -0.05) is 11.6 Å². The van der Waals surface area contributed by atoms with Crippen molar-refractivity contribution in [1.82, 2.24) is 19.7 Å². The summed E-state index contributed by atoms with van der Waals surface area (Å²) in [5.74, 6) is -0.156. The van der Waals surface area contributed by atoms with Crippen LogP contribution in [0.2, 0.25) is 5.02 Å². The second-order valence-electron chi connectivity index (χ2n) is 6.99. The average Bonchev–Trinajstić information content (AvgIpc) is 3.04. The van der Waals surface area contributed by atoms with E-state index in [9.17, 15) is 4.79 Å². The first-order valence-electron chi connectivity index (χ1n) is 9.50. The third-order valence-corrected chi connectivity index (χ3v) is 5.67. The SMILES string of the molecule is CCOc1c(/C=C/C(=O)O)c(C)c(C)c(Cl)c1C(C)n1nc(C)c2c(N)ncnc21. The van der Waals surface area contributed by atoms with Crippen LogP contribution in [0.3, 0.4) is 0 Å². The molecule has 0 aliphatic heterocycles. The molecule has 3 N–H and O–H groups in total. The number of carboxylic acid groups (broad SMARTS) is 1. The molecule has 0 fully saturated rings. The van der Waals surface area contributed by atoms with E-state index in [-0.39, 0.29) is 6.04 Å². The summed E-state index contributed by atoms with van der Waals surface area (Å²) in [5, 5.41) is 15.0. The van der Waals surface area contributed by atoms with Crippen molar-refractivity contribution in [2.75, 3.05) is 12.3 Å². The van der Waals surface area contributed by atoms with E-state index in [1.807, 2.05) is 34.6 Å². The Balaban J connectivity index is 2.32. The molecule has 2 heterocycles. The van der Waals surface area contributed by atoms with Gasteiger partial charge in [-0.05, 0) is 51.8 Å². The lowest BCUT2D eigenvalue weighted by atomic mass is 9.94. The first kappa shape index (κ1) is 21.6. The minimum absolute atomic E-state index is 0.359. The van der Waals surface area contributed by atoms with E-state index in [1.54, 1.807) is 4.68 Å². The Morgan fingerprint density at radius 1 is 1.33 bits per heavy atom. The zero-order chi connectivity index (χ0) is 22.2. The van der Waals surface area contributed by atoms with Gasteiger partial charge < -0.3 is 15.6 Å². The summed E-state index contributed by atoms with van der Waals surface area (Å²) >= 11 is 6.79. The van der Waals surface area contributed by atoms with Gasteiger partial charge in [-0.2, -0.15) is 5.10 Å². The van der Waals surface area contributed by atoms with E-state index in [4.69, 9.17) is 27.2 Å². The van der Waals surface area contributed by atoms with Crippen molar-refractivity contribution in [3.05, 3.63) is 45.4 Å². The highest BCUT2D eigenvalue weighted by atomic mass is 35.5. The van der Waals surface area contributed by atoms with Crippen LogP contribution in [-0.4, -0.2) is 37.4 Å². The second kappa shape index (κ2) is 8.31. The summed E-state index contributed by atoms with van der Waals surface area (Å²) in [6, 6.07) is -0.360. The number of nitrogens with zero attached hydrogens (tertiary/aromatic N) is 4. The van der Waals surface area contributed by atoms with Crippen LogP contribution in [0, 0.1) is 20.8 Å². The maximum Gasteiger partial charge on any atom is 0.328 e.